The lowest BCUT2D eigenvalue weighted by molar-refractivity contribution is -0.118. The maximum atomic E-state index is 11.8. The van der Waals surface area contributed by atoms with Gasteiger partial charge in [0.25, 0.3) is 5.91 Å². The van der Waals surface area contributed by atoms with Crippen molar-refractivity contribution in [2.45, 2.75) is 6.92 Å². The van der Waals surface area contributed by atoms with Gasteiger partial charge in [-0.05, 0) is 37.3 Å². The molecular formula is C17H15NO5. The average Bonchev–Trinajstić information content (AvgIpc) is 2.53. The second-order valence-electron chi connectivity index (χ2n) is 4.81. The molecule has 0 fully saturated rings. The number of anilines is 1. The summed E-state index contributed by atoms with van der Waals surface area (Å²) in [6.07, 6.45) is 0. The number of aromatic carboxylic acids is 1. The standard InChI is InChI=1S/C17H15NO5/c1-11(19)12-4-2-6-14(8-12)18-16(20)10-23-15-7-3-5-13(9-15)17(21)22/h2-9H,10H2,1H3,(H,18,20)(H,21,22). The number of benzene rings is 2. The fourth-order valence-corrected chi connectivity index (χ4v) is 1.88. The van der Waals surface area contributed by atoms with E-state index in [4.69, 9.17) is 9.84 Å². The number of nitrogens with one attached hydrogen (secondary N) is 1. The third-order valence-electron chi connectivity index (χ3n) is 3.00. The maximum absolute atomic E-state index is 11.8. The third-order valence-corrected chi connectivity index (χ3v) is 3.00. The van der Waals surface area contributed by atoms with Gasteiger partial charge in [-0.2, -0.15) is 0 Å². The van der Waals surface area contributed by atoms with Crippen LogP contribution in [0, 0.1) is 0 Å². The van der Waals surface area contributed by atoms with Gasteiger partial charge in [-0.15, -0.1) is 0 Å². The lowest BCUT2D eigenvalue weighted by Gasteiger charge is -2.08. The van der Waals surface area contributed by atoms with E-state index in [1.54, 1.807) is 30.3 Å². The van der Waals surface area contributed by atoms with Crippen molar-refractivity contribution in [1.29, 1.82) is 0 Å². The Bertz CT molecular complexity index is 754. The second-order valence-corrected chi connectivity index (χ2v) is 4.81. The monoisotopic (exact) mass is 313 g/mol. The summed E-state index contributed by atoms with van der Waals surface area (Å²) in [5.74, 6) is -1.28. The fraction of sp³-hybridized carbons (Fsp3) is 0.118. The molecule has 6 nitrogen and oxygen atoms in total. The molecule has 2 aromatic rings. The van der Waals surface area contributed by atoms with Gasteiger partial charge in [-0.3, -0.25) is 9.59 Å². The van der Waals surface area contributed by atoms with Crippen LogP contribution in [0.2, 0.25) is 0 Å². The van der Waals surface area contributed by atoms with E-state index in [9.17, 15) is 14.4 Å². The molecule has 0 spiro atoms. The van der Waals surface area contributed by atoms with Crippen LogP contribution in [0.25, 0.3) is 0 Å². The lowest BCUT2D eigenvalue weighted by Crippen LogP contribution is -2.20. The molecule has 6 heteroatoms. The zero-order valence-corrected chi connectivity index (χ0v) is 12.4. The molecule has 0 saturated carbocycles. The molecule has 0 bridgehead atoms. The van der Waals surface area contributed by atoms with Gasteiger partial charge < -0.3 is 15.2 Å². The van der Waals surface area contributed by atoms with E-state index < -0.39 is 11.9 Å². The van der Waals surface area contributed by atoms with E-state index in [0.717, 1.165) is 0 Å². The molecule has 2 rings (SSSR count). The highest BCUT2D eigenvalue weighted by molar-refractivity contribution is 5.97. The minimum absolute atomic E-state index is 0.0806. The molecule has 0 heterocycles. The molecule has 0 aromatic heterocycles. The molecule has 0 aliphatic heterocycles. The molecule has 0 unspecified atom stereocenters. The van der Waals surface area contributed by atoms with E-state index in [1.165, 1.54) is 25.1 Å². The van der Waals surface area contributed by atoms with Crippen LogP contribution in [0.4, 0.5) is 5.69 Å². The van der Waals surface area contributed by atoms with E-state index in [0.29, 0.717) is 11.3 Å². The number of ketones is 1. The summed E-state index contributed by atoms with van der Waals surface area (Å²) in [6.45, 7) is 1.17. The first-order valence-electron chi connectivity index (χ1n) is 6.83. The Morgan fingerprint density at radius 3 is 2.43 bits per heavy atom. The quantitative estimate of drug-likeness (QED) is 0.800. The van der Waals surface area contributed by atoms with Gasteiger partial charge in [0.05, 0.1) is 5.56 Å². The number of hydrogen-bond acceptors (Lipinski definition) is 4. The zero-order valence-electron chi connectivity index (χ0n) is 12.4. The smallest absolute Gasteiger partial charge is 0.335 e. The first-order chi connectivity index (χ1) is 11.0. The van der Waals surface area contributed by atoms with E-state index >= 15 is 0 Å². The van der Waals surface area contributed by atoms with Crippen LogP contribution in [0.15, 0.2) is 48.5 Å². The number of carbonyl (C=O) groups excluding carboxylic acids is 2. The number of carboxylic acid groups (broad SMARTS) is 1. The highest BCUT2D eigenvalue weighted by atomic mass is 16.5. The minimum Gasteiger partial charge on any atom is -0.484 e. The molecule has 0 radical (unpaired) electrons. The van der Waals surface area contributed by atoms with Crippen molar-refractivity contribution in [1.82, 2.24) is 0 Å². The molecule has 0 atom stereocenters. The highest BCUT2D eigenvalue weighted by Gasteiger charge is 2.08. The normalized spacial score (nSPS) is 9.96. The van der Waals surface area contributed by atoms with Crippen LogP contribution in [0.3, 0.4) is 0 Å². The summed E-state index contributed by atoms with van der Waals surface area (Å²) >= 11 is 0. The summed E-state index contributed by atoms with van der Waals surface area (Å²) < 4.78 is 5.27. The predicted molar refractivity (Wildman–Crippen MR) is 84.0 cm³/mol. The Morgan fingerprint density at radius 1 is 1.04 bits per heavy atom. The van der Waals surface area contributed by atoms with Gasteiger partial charge in [0, 0.05) is 11.3 Å². The van der Waals surface area contributed by atoms with Crippen LogP contribution >= 0.6 is 0 Å². The molecule has 0 saturated heterocycles. The summed E-state index contributed by atoms with van der Waals surface area (Å²) in [7, 11) is 0. The number of carbonyl (C=O) groups is 3. The molecule has 2 N–H and O–H groups in total. The first kappa shape index (κ1) is 16.2. The van der Waals surface area contributed by atoms with E-state index in [2.05, 4.69) is 5.32 Å². The molecular weight excluding hydrogens is 298 g/mol. The predicted octanol–water partition coefficient (Wildman–Crippen LogP) is 2.60. The van der Waals surface area contributed by atoms with Crippen molar-refractivity contribution in [2.24, 2.45) is 0 Å². The topological polar surface area (TPSA) is 92.7 Å². The SMILES string of the molecule is CC(=O)c1cccc(NC(=O)COc2cccc(C(=O)O)c2)c1. The Kier molecular flexibility index (Phi) is 5.09. The highest BCUT2D eigenvalue weighted by Crippen LogP contribution is 2.14. The number of ether oxygens (including phenoxy) is 1. The van der Waals surface area contributed by atoms with Gasteiger partial charge in [0.2, 0.25) is 0 Å². The maximum Gasteiger partial charge on any atom is 0.335 e. The lowest BCUT2D eigenvalue weighted by atomic mass is 10.1. The molecule has 1 amide bonds. The average molecular weight is 313 g/mol. The van der Waals surface area contributed by atoms with Crippen LogP contribution in [-0.4, -0.2) is 29.4 Å². The van der Waals surface area contributed by atoms with Crippen molar-refractivity contribution in [3.63, 3.8) is 0 Å². The number of carboxylic acids is 1. The van der Waals surface area contributed by atoms with Crippen molar-refractivity contribution in [3.05, 3.63) is 59.7 Å². The van der Waals surface area contributed by atoms with Gasteiger partial charge in [-0.1, -0.05) is 18.2 Å². The van der Waals surface area contributed by atoms with Crippen molar-refractivity contribution in [3.8, 4) is 5.75 Å². The van der Waals surface area contributed by atoms with Crippen molar-refractivity contribution in [2.75, 3.05) is 11.9 Å². The van der Waals surface area contributed by atoms with Gasteiger partial charge in [-0.25, -0.2) is 4.79 Å². The summed E-state index contributed by atoms with van der Waals surface area (Å²) in [4.78, 5) is 34.0. The van der Waals surface area contributed by atoms with Crippen LogP contribution in [-0.2, 0) is 4.79 Å². The van der Waals surface area contributed by atoms with Crippen molar-refractivity contribution < 1.29 is 24.2 Å². The number of Topliss-reactive ketones (excluding diaryl/α,β-unsaturated/α-hetero) is 1. The molecule has 0 aliphatic carbocycles. The van der Waals surface area contributed by atoms with Gasteiger partial charge >= 0.3 is 5.97 Å². The summed E-state index contributed by atoms with van der Waals surface area (Å²) in [5.41, 5.74) is 1.07. The number of hydrogen-bond donors (Lipinski definition) is 2. The summed E-state index contributed by atoms with van der Waals surface area (Å²) in [5, 5.41) is 11.5. The second kappa shape index (κ2) is 7.22. The molecule has 23 heavy (non-hydrogen) atoms. The zero-order chi connectivity index (χ0) is 16.8. The van der Waals surface area contributed by atoms with Crippen LogP contribution < -0.4 is 10.1 Å². The van der Waals surface area contributed by atoms with Crippen molar-refractivity contribution >= 4 is 23.3 Å². The number of amides is 1. The number of rotatable bonds is 6. The largest absolute Gasteiger partial charge is 0.484 e. The molecule has 2 aromatic carbocycles. The van der Waals surface area contributed by atoms with Gasteiger partial charge in [0.1, 0.15) is 5.75 Å². The van der Waals surface area contributed by atoms with Gasteiger partial charge in [0.15, 0.2) is 12.4 Å². The Balaban J connectivity index is 1.95. The fourth-order valence-electron chi connectivity index (χ4n) is 1.88. The van der Waals surface area contributed by atoms with E-state index in [1.807, 2.05) is 0 Å². The first-order valence-corrected chi connectivity index (χ1v) is 6.83. The summed E-state index contributed by atoms with van der Waals surface area (Å²) in [6, 6.07) is 12.4. The Labute approximate surface area is 132 Å². The molecule has 0 aliphatic rings. The Morgan fingerprint density at radius 2 is 1.74 bits per heavy atom. The van der Waals surface area contributed by atoms with E-state index in [-0.39, 0.29) is 23.7 Å². The minimum atomic E-state index is -1.07. The van der Waals surface area contributed by atoms with Crippen LogP contribution in [0.5, 0.6) is 5.75 Å². The van der Waals surface area contributed by atoms with Crippen LogP contribution in [0.1, 0.15) is 27.6 Å². The Hall–Kier alpha value is -3.15. The third kappa shape index (κ3) is 4.67. The molecule has 118 valence electrons.